The Hall–Kier alpha value is -0.910. The van der Waals surface area contributed by atoms with Gasteiger partial charge in [-0.2, -0.15) is 0 Å². The molecule has 0 spiro atoms. The second-order valence-electron chi connectivity index (χ2n) is 3.15. The van der Waals surface area contributed by atoms with Gasteiger partial charge < -0.3 is 15.2 Å². The van der Waals surface area contributed by atoms with Crippen LogP contribution >= 0.6 is 11.6 Å². The summed E-state index contributed by atoms with van der Waals surface area (Å²) in [6.07, 6.45) is 1.62. The zero-order valence-corrected chi connectivity index (χ0v) is 9.45. The Morgan fingerprint density at radius 2 is 2.40 bits per heavy atom. The highest BCUT2D eigenvalue weighted by molar-refractivity contribution is 6.28. The van der Waals surface area contributed by atoms with Gasteiger partial charge in [0, 0.05) is 18.9 Å². The Morgan fingerprint density at radius 3 is 3.00 bits per heavy atom. The number of ether oxygens (including phenoxy) is 1. The molecule has 0 aromatic carbocycles. The highest BCUT2D eigenvalue weighted by Gasteiger charge is 2.09. The second kappa shape index (κ2) is 5.85. The number of hydrogen-bond acceptors (Lipinski definition) is 5. The zero-order chi connectivity index (χ0) is 11.3. The van der Waals surface area contributed by atoms with E-state index in [0.29, 0.717) is 12.4 Å². The highest BCUT2D eigenvalue weighted by Crippen LogP contribution is 2.13. The molecule has 1 heterocycles. The number of hydrogen-bond donors (Lipinski definition) is 2. The first-order chi connectivity index (χ1) is 7.17. The van der Waals surface area contributed by atoms with Gasteiger partial charge in [-0.25, -0.2) is 9.97 Å². The van der Waals surface area contributed by atoms with Crippen molar-refractivity contribution in [2.24, 2.45) is 0 Å². The fourth-order valence-electron chi connectivity index (χ4n) is 1.10. The Balaban J connectivity index is 2.73. The molecular formula is C9H14ClN3O2. The van der Waals surface area contributed by atoms with Crippen LogP contribution in [-0.4, -0.2) is 41.4 Å². The normalized spacial score (nSPS) is 12.5. The molecule has 0 saturated heterocycles. The van der Waals surface area contributed by atoms with E-state index in [9.17, 15) is 0 Å². The minimum absolute atomic E-state index is 0.0328. The average Bonchev–Trinajstić information content (AvgIpc) is 2.22. The number of rotatable bonds is 5. The monoisotopic (exact) mass is 231 g/mol. The number of aliphatic hydroxyl groups is 1. The summed E-state index contributed by atoms with van der Waals surface area (Å²) in [5.74, 6) is 0.617. The number of aromatic nitrogens is 2. The summed E-state index contributed by atoms with van der Waals surface area (Å²) < 4.78 is 4.94. The predicted octanol–water partition coefficient (Wildman–Crippen LogP) is 0.858. The molecular weight excluding hydrogens is 218 g/mol. The van der Waals surface area contributed by atoms with E-state index in [4.69, 9.17) is 21.4 Å². The highest BCUT2D eigenvalue weighted by atomic mass is 35.5. The van der Waals surface area contributed by atoms with Crippen LogP contribution in [0.2, 0.25) is 5.28 Å². The Labute approximate surface area is 93.5 Å². The molecule has 2 N–H and O–H groups in total. The quantitative estimate of drug-likeness (QED) is 0.736. The Kier molecular flexibility index (Phi) is 4.74. The van der Waals surface area contributed by atoms with E-state index in [2.05, 4.69) is 15.3 Å². The molecule has 0 aliphatic rings. The maximum atomic E-state index is 9.06. The smallest absolute Gasteiger partial charge is 0.224 e. The van der Waals surface area contributed by atoms with Crippen molar-refractivity contribution in [3.05, 3.63) is 17.0 Å². The van der Waals surface area contributed by atoms with E-state index >= 15 is 0 Å². The first kappa shape index (κ1) is 12.2. The third kappa shape index (κ3) is 3.62. The molecule has 0 saturated carbocycles. The first-order valence-electron chi connectivity index (χ1n) is 4.52. The van der Waals surface area contributed by atoms with Crippen LogP contribution in [0.4, 0.5) is 5.82 Å². The molecule has 0 aliphatic heterocycles. The molecule has 15 heavy (non-hydrogen) atoms. The predicted molar refractivity (Wildman–Crippen MR) is 58.2 cm³/mol. The summed E-state index contributed by atoms with van der Waals surface area (Å²) >= 11 is 5.66. The van der Waals surface area contributed by atoms with Gasteiger partial charge >= 0.3 is 0 Å². The Morgan fingerprint density at radius 1 is 1.67 bits per heavy atom. The van der Waals surface area contributed by atoms with Gasteiger partial charge in [-0.3, -0.25) is 0 Å². The molecule has 0 fully saturated rings. The summed E-state index contributed by atoms with van der Waals surface area (Å²) in [6.45, 7) is 2.23. The molecule has 5 nitrogen and oxygen atoms in total. The van der Waals surface area contributed by atoms with Crippen LogP contribution in [0.25, 0.3) is 0 Å². The molecule has 1 rings (SSSR count). The lowest BCUT2D eigenvalue weighted by Crippen LogP contribution is -2.29. The van der Waals surface area contributed by atoms with Gasteiger partial charge in [0.15, 0.2) is 0 Å². The van der Waals surface area contributed by atoms with E-state index < -0.39 is 0 Å². The second-order valence-corrected chi connectivity index (χ2v) is 3.49. The fourth-order valence-corrected chi connectivity index (χ4v) is 1.23. The van der Waals surface area contributed by atoms with Gasteiger partial charge in [0.2, 0.25) is 5.28 Å². The van der Waals surface area contributed by atoms with Gasteiger partial charge in [0.25, 0.3) is 0 Å². The summed E-state index contributed by atoms with van der Waals surface area (Å²) in [5, 5.41) is 12.3. The van der Waals surface area contributed by atoms with Crippen LogP contribution in [0.15, 0.2) is 6.20 Å². The van der Waals surface area contributed by atoms with Gasteiger partial charge in [0.05, 0.1) is 19.3 Å². The van der Waals surface area contributed by atoms with E-state index in [1.807, 2.05) is 6.92 Å². The summed E-state index contributed by atoms with van der Waals surface area (Å²) in [5.41, 5.74) is 0.869. The van der Waals surface area contributed by atoms with Crippen molar-refractivity contribution in [3.8, 4) is 0 Å². The lowest BCUT2D eigenvalue weighted by Gasteiger charge is -2.16. The molecule has 0 amide bonds. The summed E-state index contributed by atoms with van der Waals surface area (Å²) in [4.78, 5) is 7.86. The van der Waals surface area contributed by atoms with Crippen LogP contribution < -0.4 is 5.32 Å². The van der Waals surface area contributed by atoms with Crippen molar-refractivity contribution in [1.82, 2.24) is 9.97 Å². The van der Waals surface area contributed by atoms with Gasteiger partial charge in [0.1, 0.15) is 5.82 Å². The number of halogens is 1. The molecule has 1 atom stereocenters. The third-order valence-electron chi connectivity index (χ3n) is 1.87. The molecule has 1 aromatic heterocycles. The molecule has 6 heteroatoms. The average molecular weight is 232 g/mol. The standard InChI is InChI=1S/C9H14ClN3O2/c1-6-3-11-9(10)13-8(6)12-7(4-14)5-15-2/h3,7,14H,4-5H2,1-2H3,(H,11,12,13). The maximum Gasteiger partial charge on any atom is 0.224 e. The maximum absolute atomic E-state index is 9.06. The molecule has 1 aromatic rings. The van der Waals surface area contributed by atoms with Crippen LogP contribution in [0.5, 0.6) is 0 Å². The Bertz CT molecular complexity index is 322. The third-order valence-corrected chi connectivity index (χ3v) is 2.05. The molecule has 0 bridgehead atoms. The largest absolute Gasteiger partial charge is 0.394 e. The van der Waals surface area contributed by atoms with Gasteiger partial charge in [-0.05, 0) is 18.5 Å². The summed E-state index contributed by atoms with van der Waals surface area (Å²) in [7, 11) is 1.57. The van der Waals surface area contributed by atoms with Crippen molar-refractivity contribution in [2.45, 2.75) is 13.0 Å². The lowest BCUT2D eigenvalue weighted by molar-refractivity contribution is 0.153. The topological polar surface area (TPSA) is 67.3 Å². The molecule has 0 aliphatic carbocycles. The van der Waals surface area contributed by atoms with Crippen LogP contribution in [0.3, 0.4) is 0 Å². The lowest BCUT2D eigenvalue weighted by atomic mass is 10.3. The molecule has 84 valence electrons. The van der Waals surface area contributed by atoms with E-state index in [1.165, 1.54) is 0 Å². The van der Waals surface area contributed by atoms with Crippen LogP contribution in [0.1, 0.15) is 5.56 Å². The molecule has 0 radical (unpaired) electrons. The van der Waals surface area contributed by atoms with Crippen molar-refractivity contribution < 1.29 is 9.84 Å². The minimum atomic E-state index is -0.195. The van der Waals surface area contributed by atoms with Crippen LogP contribution in [-0.2, 0) is 4.74 Å². The number of nitrogens with one attached hydrogen (secondary N) is 1. The van der Waals surface area contributed by atoms with E-state index in [1.54, 1.807) is 13.3 Å². The number of nitrogens with zero attached hydrogens (tertiary/aromatic N) is 2. The van der Waals surface area contributed by atoms with Gasteiger partial charge in [-0.15, -0.1) is 0 Å². The van der Waals surface area contributed by atoms with E-state index in [0.717, 1.165) is 5.56 Å². The zero-order valence-electron chi connectivity index (χ0n) is 8.70. The minimum Gasteiger partial charge on any atom is -0.394 e. The molecule has 1 unspecified atom stereocenters. The number of anilines is 1. The number of aryl methyl sites for hydroxylation is 1. The summed E-state index contributed by atoms with van der Waals surface area (Å²) in [6, 6.07) is -0.195. The van der Waals surface area contributed by atoms with Gasteiger partial charge in [-0.1, -0.05) is 0 Å². The first-order valence-corrected chi connectivity index (χ1v) is 4.90. The van der Waals surface area contributed by atoms with Crippen LogP contribution in [0, 0.1) is 6.92 Å². The number of methoxy groups -OCH3 is 1. The fraction of sp³-hybridized carbons (Fsp3) is 0.556. The van der Waals surface area contributed by atoms with Crippen molar-refractivity contribution >= 4 is 17.4 Å². The van der Waals surface area contributed by atoms with E-state index in [-0.39, 0.29) is 17.9 Å². The van der Waals surface area contributed by atoms with Crippen molar-refractivity contribution in [1.29, 1.82) is 0 Å². The number of aliphatic hydroxyl groups excluding tert-OH is 1. The van der Waals surface area contributed by atoms with Crippen molar-refractivity contribution in [3.63, 3.8) is 0 Å². The SMILES string of the molecule is COCC(CO)Nc1nc(Cl)ncc1C. The van der Waals surface area contributed by atoms with Crippen molar-refractivity contribution in [2.75, 3.05) is 25.6 Å².